The number of carbonyl (C=O) groups excluding carboxylic acids is 1. The zero-order chi connectivity index (χ0) is 13.4. The van der Waals surface area contributed by atoms with Crippen molar-refractivity contribution >= 4 is 11.6 Å². The minimum atomic E-state index is -2.86. The van der Waals surface area contributed by atoms with E-state index < -0.39 is 6.61 Å². The maximum absolute atomic E-state index is 12.1. The molecule has 0 heterocycles. The van der Waals surface area contributed by atoms with E-state index in [4.69, 9.17) is 0 Å². The van der Waals surface area contributed by atoms with Crippen molar-refractivity contribution in [2.45, 2.75) is 20.0 Å². The van der Waals surface area contributed by atoms with Gasteiger partial charge in [0.1, 0.15) is 5.75 Å². The summed E-state index contributed by atoms with van der Waals surface area (Å²) in [5.74, 6) is -0.0133. The number of nitrogens with one attached hydrogen (secondary N) is 2. The van der Waals surface area contributed by atoms with Crippen molar-refractivity contribution in [3.8, 4) is 5.75 Å². The average Bonchev–Trinajstić information content (AvgIpc) is 2.31. The van der Waals surface area contributed by atoms with E-state index >= 15 is 0 Å². The van der Waals surface area contributed by atoms with Gasteiger partial charge in [0.05, 0.1) is 5.69 Å². The monoisotopic (exact) mass is 258 g/mol. The number of rotatable bonds is 7. The SMILES string of the molecule is CCNC(=O)CCNc1ccccc1OC(F)F. The Hall–Kier alpha value is -1.85. The minimum absolute atomic E-state index is 0.0726. The smallest absolute Gasteiger partial charge is 0.387 e. The summed E-state index contributed by atoms with van der Waals surface area (Å²) in [4.78, 5) is 11.2. The van der Waals surface area contributed by atoms with Gasteiger partial charge in [-0.1, -0.05) is 12.1 Å². The summed E-state index contributed by atoms with van der Waals surface area (Å²) >= 11 is 0. The second-order valence-corrected chi connectivity index (χ2v) is 3.50. The van der Waals surface area contributed by atoms with Gasteiger partial charge in [-0.15, -0.1) is 0 Å². The van der Waals surface area contributed by atoms with Crippen molar-refractivity contribution in [2.75, 3.05) is 18.4 Å². The fraction of sp³-hybridized carbons (Fsp3) is 0.417. The molecule has 1 rings (SSSR count). The number of hydrogen-bond donors (Lipinski definition) is 2. The van der Waals surface area contributed by atoms with Crippen LogP contribution in [0, 0.1) is 0 Å². The van der Waals surface area contributed by atoms with Crippen LogP contribution in [0.4, 0.5) is 14.5 Å². The molecule has 18 heavy (non-hydrogen) atoms. The van der Waals surface area contributed by atoms with Gasteiger partial charge in [-0.05, 0) is 19.1 Å². The van der Waals surface area contributed by atoms with Crippen molar-refractivity contribution < 1.29 is 18.3 Å². The Kier molecular flexibility index (Phi) is 5.90. The molecule has 0 aliphatic carbocycles. The molecule has 4 nitrogen and oxygen atoms in total. The van der Waals surface area contributed by atoms with Crippen molar-refractivity contribution in [3.05, 3.63) is 24.3 Å². The molecule has 0 saturated heterocycles. The van der Waals surface area contributed by atoms with Crippen LogP contribution in [0.15, 0.2) is 24.3 Å². The van der Waals surface area contributed by atoms with Crippen molar-refractivity contribution in [1.82, 2.24) is 5.32 Å². The van der Waals surface area contributed by atoms with E-state index in [1.807, 2.05) is 6.92 Å². The van der Waals surface area contributed by atoms with E-state index in [1.165, 1.54) is 6.07 Å². The molecule has 0 bridgehead atoms. The van der Waals surface area contributed by atoms with E-state index in [0.29, 0.717) is 18.8 Å². The lowest BCUT2D eigenvalue weighted by Crippen LogP contribution is -2.24. The molecule has 0 fully saturated rings. The van der Waals surface area contributed by atoms with Gasteiger partial charge in [-0.3, -0.25) is 4.79 Å². The van der Waals surface area contributed by atoms with E-state index in [0.717, 1.165) is 0 Å². The van der Waals surface area contributed by atoms with Gasteiger partial charge in [0.15, 0.2) is 0 Å². The van der Waals surface area contributed by atoms with Crippen LogP contribution in [0.2, 0.25) is 0 Å². The molecule has 0 aromatic heterocycles. The van der Waals surface area contributed by atoms with Crippen molar-refractivity contribution in [2.24, 2.45) is 0 Å². The predicted octanol–water partition coefficient (Wildman–Crippen LogP) is 2.23. The van der Waals surface area contributed by atoms with Gasteiger partial charge in [0.25, 0.3) is 0 Å². The highest BCUT2D eigenvalue weighted by Gasteiger charge is 2.08. The largest absolute Gasteiger partial charge is 0.433 e. The predicted molar refractivity (Wildman–Crippen MR) is 64.9 cm³/mol. The molecule has 2 N–H and O–H groups in total. The summed E-state index contributed by atoms with van der Waals surface area (Å²) in [6.07, 6.45) is 0.275. The van der Waals surface area contributed by atoms with Gasteiger partial charge in [-0.2, -0.15) is 8.78 Å². The third kappa shape index (κ3) is 4.99. The number of benzene rings is 1. The minimum Gasteiger partial charge on any atom is -0.433 e. The summed E-state index contributed by atoms with van der Waals surface area (Å²) in [5.41, 5.74) is 0.446. The standard InChI is InChI=1S/C12H16F2N2O2/c1-2-15-11(17)7-8-16-9-5-3-4-6-10(9)18-12(13)14/h3-6,12,16H,2,7-8H2,1H3,(H,15,17). The number of alkyl halides is 2. The Bertz CT molecular complexity index is 386. The summed E-state index contributed by atoms with van der Waals surface area (Å²) in [6, 6.07) is 6.37. The lowest BCUT2D eigenvalue weighted by molar-refractivity contribution is -0.120. The fourth-order valence-electron chi connectivity index (χ4n) is 1.41. The number of anilines is 1. The van der Waals surface area contributed by atoms with E-state index in [2.05, 4.69) is 15.4 Å². The van der Waals surface area contributed by atoms with Gasteiger partial charge in [-0.25, -0.2) is 0 Å². The van der Waals surface area contributed by atoms with Crippen LogP contribution >= 0.6 is 0 Å². The third-order valence-corrected chi connectivity index (χ3v) is 2.14. The Morgan fingerprint density at radius 2 is 2.11 bits per heavy atom. The first-order chi connectivity index (χ1) is 8.63. The highest BCUT2D eigenvalue weighted by molar-refractivity contribution is 5.76. The molecule has 1 aromatic rings. The molecule has 6 heteroatoms. The van der Waals surface area contributed by atoms with Gasteiger partial charge in [0, 0.05) is 19.5 Å². The van der Waals surface area contributed by atoms with Crippen LogP contribution in [0.25, 0.3) is 0 Å². The first-order valence-corrected chi connectivity index (χ1v) is 5.68. The van der Waals surface area contributed by atoms with E-state index in [1.54, 1.807) is 18.2 Å². The fourth-order valence-corrected chi connectivity index (χ4v) is 1.41. The van der Waals surface area contributed by atoms with Crippen LogP contribution in [-0.2, 0) is 4.79 Å². The molecule has 0 unspecified atom stereocenters. The Morgan fingerprint density at radius 3 is 2.78 bits per heavy atom. The Balaban J connectivity index is 2.48. The van der Waals surface area contributed by atoms with Crippen LogP contribution in [-0.4, -0.2) is 25.6 Å². The summed E-state index contributed by atoms with van der Waals surface area (Å²) in [6.45, 7) is -0.104. The molecule has 0 atom stereocenters. The van der Waals surface area contributed by atoms with E-state index in [9.17, 15) is 13.6 Å². The lowest BCUT2D eigenvalue weighted by atomic mass is 10.3. The molecule has 1 aromatic carbocycles. The Labute approximate surface area is 104 Å². The molecule has 0 radical (unpaired) electrons. The third-order valence-electron chi connectivity index (χ3n) is 2.14. The highest BCUT2D eigenvalue weighted by Crippen LogP contribution is 2.25. The maximum atomic E-state index is 12.1. The number of carbonyl (C=O) groups is 1. The first-order valence-electron chi connectivity index (χ1n) is 5.68. The van der Waals surface area contributed by atoms with Gasteiger partial charge < -0.3 is 15.4 Å². The molecular formula is C12H16F2N2O2. The average molecular weight is 258 g/mol. The summed E-state index contributed by atoms with van der Waals surface area (Å²) in [7, 11) is 0. The van der Waals surface area contributed by atoms with Gasteiger partial charge >= 0.3 is 6.61 Å². The maximum Gasteiger partial charge on any atom is 0.387 e. The molecule has 100 valence electrons. The Morgan fingerprint density at radius 1 is 1.39 bits per heavy atom. The zero-order valence-electron chi connectivity index (χ0n) is 10.1. The molecule has 1 amide bonds. The van der Waals surface area contributed by atoms with Crippen LogP contribution in [0.1, 0.15) is 13.3 Å². The summed E-state index contributed by atoms with van der Waals surface area (Å²) in [5, 5.41) is 5.54. The van der Waals surface area contributed by atoms with Crippen molar-refractivity contribution in [3.63, 3.8) is 0 Å². The number of para-hydroxylation sites is 2. The number of hydrogen-bond acceptors (Lipinski definition) is 3. The van der Waals surface area contributed by atoms with Crippen LogP contribution in [0.5, 0.6) is 5.75 Å². The van der Waals surface area contributed by atoms with E-state index in [-0.39, 0.29) is 18.1 Å². The number of amides is 1. The topological polar surface area (TPSA) is 50.4 Å². The van der Waals surface area contributed by atoms with Crippen LogP contribution < -0.4 is 15.4 Å². The quantitative estimate of drug-likeness (QED) is 0.788. The number of ether oxygens (including phenoxy) is 1. The normalized spacial score (nSPS) is 10.2. The second-order valence-electron chi connectivity index (χ2n) is 3.50. The molecule has 0 saturated carbocycles. The zero-order valence-corrected chi connectivity index (χ0v) is 10.1. The molecule has 0 spiro atoms. The molecule has 0 aliphatic rings. The highest BCUT2D eigenvalue weighted by atomic mass is 19.3. The molecule has 0 aliphatic heterocycles. The van der Waals surface area contributed by atoms with Crippen molar-refractivity contribution in [1.29, 1.82) is 0 Å². The van der Waals surface area contributed by atoms with Crippen LogP contribution in [0.3, 0.4) is 0 Å². The first kappa shape index (κ1) is 14.2. The van der Waals surface area contributed by atoms with Gasteiger partial charge in [0.2, 0.25) is 5.91 Å². The number of halogens is 2. The molecular weight excluding hydrogens is 242 g/mol. The summed E-state index contributed by atoms with van der Waals surface area (Å²) < 4.78 is 28.6. The lowest BCUT2D eigenvalue weighted by Gasteiger charge is -2.12. The second kappa shape index (κ2) is 7.47.